The third-order valence-electron chi connectivity index (χ3n) is 6.75. The highest BCUT2D eigenvalue weighted by molar-refractivity contribution is 5.81. The van der Waals surface area contributed by atoms with Crippen LogP contribution in [-0.2, 0) is 9.59 Å². The zero-order chi connectivity index (χ0) is 30.5. The number of aliphatic hydroxyl groups is 10. The average Bonchev–Trinajstić information content (AvgIpc) is 2.97. The molecule has 0 unspecified atom stereocenters. The SMILES string of the molecule is O=C(NCCCCCCCCCCCCCCNC(=O)[C@H](O)[C@@H](O)[C@H](O)[C@H](O)CO)[C@H](O)[C@@H](O)[C@H](O)[C@H](O)CO. The highest BCUT2D eigenvalue weighted by Crippen LogP contribution is 2.12. The lowest BCUT2D eigenvalue weighted by Gasteiger charge is -2.24. The van der Waals surface area contributed by atoms with E-state index >= 15 is 0 Å². The molecule has 0 rings (SSSR count). The fourth-order valence-corrected chi connectivity index (χ4v) is 4.01. The minimum absolute atomic E-state index is 0.311. The van der Waals surface area contributed by atoms with E-state index in [1.54, 1.807) is 0 Å². The molecule has 0 aromatic carbocycles. The Labute approximate surface area is 235 Å². The number of aliphatic hydroxyl groups excluding tert-OH is 10. The molecule has 0 aromatic heterocycles. The first-order valence-electron chi connectivity index (χ1n) is 14.2. The molecule has 8 atom stereocenters. The summed E-state index contributed by atoms with van der Waals surface area (Å²) >= 11 is 0. The molecule has 14 nitrogen and oxygen atoms in total. The van der Waals surface area contributed by atoms with Gasteiger partial charge < -0.3 is 61.7 Å². The predicted octanol–water partition coefficient (Wildman–Crippen LogP) is -3.23. The molecule has 0 aliphatic carbocycles. The van der Waals surface area contributed by atoms with Crippen LogP contribution < -0.4 is 10.6 Å². The van der Waals surface area contributed by atoms with Gasteiger partial charge in [-0.3, -0.25) is 9.59 Å². The van der Waals surface area contributed by atoms with E-state index in [2.05, 4.69) is 10.6 Å². The number of nitrogens with one attached hydrogen (secondary N) is 2. The van der Waals surface area contributed by atoms with Crippen molar-refractivity contribution in [1.29, 1.82) is 0 Å². The Balaban J connectivity index is 3.63. The Morgan fingerprint density at radius 3 is 0.925 bits per heavy atom. The molecule has 0 heterocycles. The van der Waals surface area contributed by atoms with Crippen LogP contribution >= 0.6 is 0 Å². The van der Waals surface area contributed by atoms with Crippen LogP contribution in [0.3, 0.4) is 0 Å². The molecule has 0 saturated heterocycles. The molecule has 12 N–H and O–H groups in total. The maximum Gasteiger partial charge on any atom is 0.251 e. The van der Waals surface area contributed by atoms with Gasteiger partial charge in [0.15, 0.2) is 12.2 Å². The Kier molecular flexibility index (Phi) is 22.3. The van der Waals surface area contributed by atoms with Gasteiger partial charge in [0.25, 0.3) is 11.8 Å². The van der Waals surface area contributed by atoms with Gasteiger partial charge >= 0.3 is 0 Å². The van der Waals surface area contributed by atoms with E-state index < -0.39 is 73.9 Å². The quantitative estimate of drug-likeness (QED) is 0.0473. The van der Waals surface area contributed by atoms with Crippen LogP contribution in [0, 0.1) is 0 Å². The van der Waals surface area contributed by atoms with Gasteiger partial charge in [0, 0.05) is 13.1 Å². The van der Waals surface area contributed by atoms with E-state index in [0.717, 1.165) is 64.2 Å². The van der Waals surface area contributed by atoms with Crippen molar-refractivity contribution in [3.8, 4) is 0 Å². The van der Waals surface area contributed by atoms with Gasteiger partial charge in [-0.2, -0.15) is 0 Å². The molecule has 14 heteroatoms. The summed E-state index contributed by atoms with van der Waals surface area (Å²) in [7, 11) is 0. The van der Waals surface area contributed by atoms with Gasteiger partial charge in [0.1, 0.15) is 36.6 Å². The van der Waals surface area contributed by atoms with Gasteiger partial charge in [-0.1, -0.05) is 64.2 Å². The van der Waals surface area contributed by atoms with Crippen molar-refractivity contribution in [2.75, 3.05) is 26.3 Å². The van der Waals surface area contributed by atoms with Gasteiger partial charge in [-0.15, -0.1) is 0 Å². The van der Waals surface area contributed by atoms with Crippen LogP contribution in [0.2, 0.25) is 0 Å². The van der Waals surface area contributed by atoms with Gasteiger partial charge in [-0.25, -0.2) is 0 Å². The van der Waals surface area contributed by atoms with E-state index in [1.807, 2.05) is 0 Å². The second kappa shape index (κ2) is 23.1. The molecular weight excluding hydrogens is 532 g/mol. The first-order chi connectivity index (χ1) is 19.0. The largest absolute Gasteiger partial charge is 0.394 e. The van der Waals surface area contributed by atoms with Crippen LogP contribution in [0.4, 0.5) is 0 Å². The third-order valence-corrected chi connectivity index (χ3v) is 6.75. The highest BCUT2D eigenvalue weighted by Gasteiger charge is 2.34. The Morgan fingerprint density at radius 1 is 0.425 bits per heavy atom. The van der Waals surface area contributed by atoms with Crippen molar-refractivity contribution in [1.82, 2.24) is 10.6 Å². The number of rotatable bonds is 25. The number of carbonyl (C=O) groups excluding carboxylic acids is 2. The summed E-state index contributed by atoms with van der Waals surface area (Å²) in [6, 6.07) is 0. The lowest BCUT2D eigenvalue weighted by Crippen LogP contribution is -2.51. The molecule has 0 aliphatic rings. The molecule has 0 aromatic rings. The Hall–Kier alpha value is -1.46. The highest BCUT2D eigenvalue weighted by atomic mass is 16.4. The van der Waals surface area contributed by atoms with Crippen molar-refractivity contribution in [3.05, 3.63) is 0 Å². The summed E-state index contributed by atoms with van der Waals surface area (Å²) in [5, 5.41) is 98.9. The number of unbranched alkanes of at least 4 members (excludes halogenated alkanes) is 11. The van der Waals surface area contributed by atoms with E-state index in [4.69, 9.17) is 10.2 Å². The second-order valence-electron chi connectivity index (χ2n) is 10.2. The summed E-state index contributed by atoms with van der Waals surface area (Å²) < 4.78 is 0. The molecular formula is C26H52N2O12. The molecule has 0 saturated carbocycles. The zero-order valence-corrected chi connectivity index (χ0v) is 23.2. The first kappa shape index (κ1) is 38.5. The van der Waals surface area contributed by atoms with E-state index in [-0.39, 0.29) is 0 Å². The standard InChI is InChI=1S/C26H52N2O12/c29-15-17(31)19(33)21(35)23(37)25(39)27-13-11-9-7-5-3-1-2-4-6-8-10-12-14-28-26(40)24(38)22(36)20(34)18(32)16-30/h17-24,29-38H,1-16H2,(H,27,39)(H,28,40)/t17-,18-,19-,20-,21+,22+,23-,24-/m1/s1. The zero-order valence-electron chi connectivity index (χ0n) is 23.2. The van der Waals surface area contributed by atoms with Gasteiger partial charge in [0.2, 0.25) is 0 Å². The van der Waals surface area contributed by atoms with Crippen LogP contribution in [0.25, 0.3) is 0 Å². The maximum absolute atomic E-state index is 11.8. The number of carbonyl (C=O) groups is 2. The van der Waals surface area contributed by atoms with Crippen molar-refractivity contribution in [3.63, 3.8) is 0 Å². The van der Waals surface area contributed by atoms with Crippen molar-refractivity contribution in [2.24, 2.45) is 0 Å². The topological polar surface area (TPSA) is 260 Å². The lowest BCUT2D eigenvalue weighted by molar-refractivity contribution is -0.149. The molecule has 0 bridgehead atoms. The normalized spacial score (nSPS) is 17.8. The summed E-state index contributed by atoms with van der Waals surface area (Å²) in [4.78, 5) is 23.6. The Morgan fingerprint density at radius 2 is 0.675 bits per heavy atom. The van der Waals surface area contributed by atoms with Crippen molar-refractivity contribution < 1.29 is 60.7 Å². The number of hydrogen-bond acceptors (Lipinski definition) is 12. The minimum atomic E-state index is -1.91. The van der Waals surface area contributed by atoms with Crippen LogP contribution in [0.15, 0.2) is 0 Å². The van der Waals surface area contributed by atoms with E-state index in [0.29, 0.717) is 25.9 Å². The molecule has 2 amide bonds. The maximum atomic E-state index is 11.8. The molecule has 238 valence electrons. The molecule has 0 aliphatic heterocycles. The summed E-state index contributed by atoms with van der Waals surface area (Å²) in [5.41, 5.74) is 0. The Bertz CT molecular complexity index is 605. The van der Waals surface area contributed by atoms with Crippen molar-refractivity contribution >= 4 is 11.8 Å². The van der Waals surface area contributed by atoms with Crippen LogP contribution in [-0.4, -0.2) is 138 Å². The molecule has 0 radical (unpaired) electrons. The van der Waals surface area contributed by atoms with Gasteiger partial charge in [0.05, 0.1) is 13.2 Å². The fraction of sp³-hybridized carbons (Fsp3) is 0.923. The molecule has 0 fully saturated rings. The fourth-order valence-electron chi connectivity index (χ4n) is 4.01. The minimum Gasteiger partial charge on any atom is -0.394 e. The molecule has 0 spiro atoms. The monoisotopic (exact) mass is 584 g/mol. The number of amides is 2. The van der Waals surface area contributed by atoms with E-state index in [1.165, 1.54) is 0 Å². The summed E-state index contributed by atoms with van der Waals surface area (Å²) in [5.74, 6) is -1.71. The van der Waals surface area contributed by atoms with E-state index in [9.17, 15) is 50.4 Å². The predicted molar refractivity (Wildman–Crippen MR) is 144 cm³/mol. The molecule has 40 heavy (non-hydrogen) atoms. The van der Waals surface area contributed by atoms with Crippen LogP contribution in [0.5, 0.6) is 0 Å². The number of hydrogen-bond donors (Lipinski definition) is 12. The lowest BCUT2D eigenvalue weighted by atomic mass is 10.0. The summed E-state index contributed by atoms with van der Waals surface area (Å²) in [6.45, 7) is -1.00. The van der Waals surface area contributed by atoms with Crippen LogP contribution in [0.1, 0.15) is 77.0 Å². The van der Waals surface area contributed by atoms with Gasteiger partial charge in [-0.05, 0) is 12.8 Å². The summed E-state index contributed by atoms with van der Waals surface area (Å²) in [6.07, 6.45) is -2.88. The smallest absolute Gasteiger partial charge is 0.251 e. The average molecular weight is 585 g/mol. The second-order valence-corrected chi connectivity index (χ2v) is 10.2. The van der Waals surface area contributed by atoms with Crippen molar-refractivity contribution in [2.45, 2.75) is 126 Å². The third kappa shape index (κ3) is 16.1. The first-order valence-corrected chi connectivity index (χ1v) is 14.2.